The molecule has 2 amide bonds. The van der Waals surface area contributed by atoms with Crippen LogP contribution in [0.5, 0.6) is 0 Å². The van der Waals surface area contributed by atoms with E-state index in [1.54, 1.807) is 6.08 Å². The molecule has 1 saturated heterocycles. The van der Waals surface area contributed by atoms with Gasteiger partial charge in [-0.25, -0.2) is 26.6 Å². The molecular formula is C22H19ClF3N3O4S. The monoisotopic (exact) mass is 513 g/mol. The van der Waals surface area contributed by atoms with Crippen molar-refractivity contribution in [1.29, 1.82) is 0 Å². The van der Waals surface area contributed by atoms with E-state index in [-0.39, 0.29) is 29.1 Å². The van der Waals surface area contributed by atoms with Crippen LogP contribution in [0.2, 0.25) is 5.02 Å². The molecule has 12 heteroatoms. The zero-order valence-corrected chi connectivity index (χ0v) is 19.3. The van der Waals surface area contributed by atoms with Crippen molar-refractivity contribution < 1.29 is 31.2 Å². The van der Waals surface area contributed by atoms with Crippen molar-refractivity contribution in [2.24, 2.45) is 0 Å². The van der Waals surface area contributed by atoms with Crippen molar-refractivity contribution in [3.8, 4) is 0 Å². The third-order valence-corrected chi connectivity index (χ3v) is 6.90. The van der Waals surface area contributed by atoms with E-state index in [0.29, 0.717) is 12.0 Å². The fraction of sp³-hybridized carbons (Fsp3) is 0.318. The standard InChI is InChI=1S/C22H19ClF3N3O4S/c1-34(32,33)19-6-12(4-5-27-19)22(31)29-10-13(24)7-18(29)21(30)28-20(11-2-3-11)14-8-17(26)15(23)9-16(14)25/h2,4-6,8-9,13,18,20H,3,7,10H2,1H3,(H,28,30)/t13-,18+,20+/m0/s1. The number of pyridine rings is 1. The average molecular weight is 514 g/mol. The first-order valence-corrected chi connectivity index (χ1v) is 12.5. The third kappa shape index (κ3) is 4.95. The van der Waals surface area contributed by atoms with Crippen LogP contribution < -0.4 is 5.32 Å². The maximum Gasteiger partial charge on any atom is 0.254 e. The summed E-state index contributed by atoms with van der Waals surface area (Å²) in [6.45, 7) is -0.384. The number of alkyl halides is 1. The number of hydrogen-bond acceptors (Lipinski definition) is 5. The Morgan fingerprint density at radius 3 is 2.59 bits per heavy atom. The van der Waals surface area contributed by atoms with Crippen LogP contribution in [0.25, 0.3) is 0 Å². The molecule has 3 atom stereocenters. The van der Waals surface area contributed by atoms with E-state index in [9.17, 15) is 31.2 Å². The minimum atomic E-state index is -3.70. The molecule has 2 aliphatic rings. The highest BCUT2D eigenvalue weighted by molar-refractivity contribution is 7.90. The minimum absolute atomic E-state index is 0.0745. The van der Waals surface area contributed by atoms with Crippen molar-refractivity contribution in [3.63, 3.8) is 0 Å². The van der Waals surface area contributed by atoms with E-state index >= 15 is 0 Å². The number of rotatable bonds is 6. The van der Waals surface area contributed by atoms with Crippen LogP contribution >= 0.6 is 11.6 Å². The zero-order chi connectivity index (χ0) is 24.8. The van der Waals surface area contributed by atoms with Gasteiger partial charge in [-0.05, 0) is 36.3 Å². The van der Waals surface area contributed by atoms with E-state index in [0.717, 1.165) is 35.6 Å². The van der Waals surface area contributed by atoms with Crippen LogP contribution in [0, 0.1) is 11.6 Å². The largest absolute Gasteiger partial charge is 0.344 e. The summed E-state index contributed by atoms with van der Waals surface area (Å²) in [6, 6.07) is 1.77. The molecule has 0 unspecified atom stereocenters. The number of nitrogens with zero attached hydrogens (tertiary/aromatic N) is 2. The fourth-order valence-corrected chi connectivity index (χ4v) is 4.57. The molecule has 7 nitrogen and oxygen atoms in total. The summed E-state index contributed by atoms with van der Waals surface area (Å²) >= 11 is 5.62. The second-order valence-electron chi connectivity index (χ2n) is 8.17. The van der Waals surface area contributed by atoms with Crippen LogP contribution in [0.4, 0.5) is 13.2 Å². The Morgan fingerprint density at radius 1 is 1.24 bits per heavy atom. The highest BCUT2D eigenvalue weighted by Crippen LogP contribution is 2.37. The van der Waals surface area contributed by atoms with Gasteiger partial charge < -0.3 is 10.2 Å². The molecule has 2 heterocycles. The topological polar surface area (TPSA) is 96.4 Å². The molecular weight excluding hydrogens is 495 g/mol. The lowest BCUT2D eigenvalue weighted by Gasteiger charge is -2.26. The van der Waals surface area contributed by atoms with Crippen molar-refractivity contribution in [1.82, 2.24) is 15.2 Å². The number of amides is 2. The number of hydrogen-bond donors (Lipinski definition) is 1. The molecule has 34 heavy (non-hydrogen) atoms. The van der Waals surface area contributed by atoms with Crippen molar-refractivity contribution in [3.05, 3.63) is 69.9 Å². The number of sulfone groups is 1. The van der Waals surface area contributed by atoms with Gasteiger partial charge in [-0.15, -0.1) is 0 Å². The van der Waals surface area contributed by atoms with E-state index < -0.39 is 56.6 Å². The average Bonchev–Trinajstić information content (AvgIpc) is 3.54. The van der Waals surface area contributed by atoms with Gasteiger partial charge in [-0.1, -0.05) is 17.7 Å². The molecule has 0 radical (unpaired) electrons. The van der Waals surface area contributed by atoms with E-state index in [2.05, 4.69) is 10.3 Å². The summed E-state index contributed by atoms with van der Waals surface area (Å²) < 4.78 is 66.3. The fourth-order valence-electron chi connectivity index (χ4n) is 3.83. The summed E-state index contributed by atoms with van der Waals surface area (Å²) in [7, 11) is -3.70. The highest BCUT2D eigenvalue weighted by Gasteiger charge is 2.41. The zero-order valence-electron chi connectivity index (χ0n) is 17.8. The molecule has 1 aliphatic heterocycles. The molecule has 0 bridgehead atoms. The van der Waals surface area contributed by atoms with Gasteiger partial charge in [0.2, 0.25) is 5.91 Å². The number of halogens is 4. The molecule has 0 saturated carbocycles. The lowest BCUT2D eigenvalue weighted by Crippen LogP contribution is -2.47. The normalized spacial score (nSPS) is 20.6. The van der Waals surface area contributed by atoms with Crippen LogP contribution in [-0.4, -0.2) is 55.1 Å². The molecule has 1 fully saturated rings. The van der Waals surface area contributed by atoms with Gasteiger partial charge in [0.1, 0.15) is 23.8 Å². The Kier molecular flexibility index (Phi) is 6.43. The first kappa shape index (κ1) is 24.2. The van der Waals surface area contributed by atoms with Crippen LogP contribution in [-0.2, 0) is 14.6 Å². The minimum Gasteiger partial charge on any atom is -0.344 e. The molecule has 2 aromatic rings. The van der Waals surface area contributed by atoms with E-state index in [1.807, 2.05) is 0 Å². The number of likely N-dealkylation sites (tertiary alicyclic amines) is 1. The second kappa shape index (κ2) is 9.03. The Hall–Kier alpha value is -2.92. The van der Waals surface area contributed by atoms with Crippen molar-refractivity contribution >= 4 is 33.3 Å². The maximum atomic E-state index is 14.5. The molecule has 4 rings (SSSR count). The van der Waals surface area contributed by atoms with Gasteiger partial charge in [0.05, 0.1) is 17.6 Å². The first-order chi connectivity index (χ1) is 16.0. The molecule has 1 N–H and O–H groups in total. The SMILES string of the molecule is CS(=O)(=O)c1cc(C(=O)N2C[C@@H](F)C[C@@H]2C(=O)N[C@H](C2=CC2)c2cc(F)c(Cl)cc2F)ccn1. The van der Waals surface area contributed by atoms with Crippen molar-refractivity contribution in [2.75, 3.05) is 12.8 Å². The van der Waals surface area contributed by atoms with Crippen LogP contribution in [0.3, 0.4) is 0 Å². The Balaban J connectivity index is 1.59. The number of carbonyl (C=O) groups excluding carboxylic acids is 2. The van der Waals surface area contributed by atoms with Gasteiger partial charge in [0.15, 0.2) is 14.9 Å². The summed E-state index contributed by atoms with van der Waals surface area (Å²) in [5, 5.41) is 1.85. The Labute approximate surface area is 198 Å². The number of benzene rings is 1. The number of allylic oxidation sites excluding steroid dienone is 1. The molecule has 1 aromatic heterocycles. The quantitative estimate of drug-likeness (QED) is 0.473. The highest BCUT2D eigenvalue weighted by atomic mass is 35.5. The van der Waals surface area contributed by atoms with E-state index in [1.165, 1.54) is 6.07 Å². The third-order valence-electron chi connectivity index (χ3n) is 5.62. The smallest absolute Gasteiger partial charge is 0.254 e. The predicted octanol–water partition coefficient (Wildman–Crippen LogP) is 3.16. The summed E-state index contributed by atoms with van der Waals surface area (Å²) in [4.78, 5) is 30.9. The predicted molar refractivity (Wildman–Crippen MR) is 117 cm³/mol. The van der Waals surface area contributed by atoms with Crippen molar-refractivity contribution in [2.45, 2.75) is 36.1 Å². The van der Waals surface area contributed by atoms with Gasteiger partial charge in [0, 0.05) is 30.0 Å². The molecule has 180 valence electrons. The summed E-state index contributed by atoms with van der Waals surface area (Å²) in [5.41, 5.74) is 0.418. The lowest BCUT2D eigenvalue weighted by atomic mass is 10.0. The number of nitrogens with one attached hydrogen (secondary N) is 1. The summed E-state index contributed by atoms with van der Waals surface area (Å²) in [5.74, 6) is -3.19. The van der Waals surface area contributed by atoms with Gasteiger partial charge in [0.25, 0.3) is 5.91 Å². The first-order valence-electron chi connectivity index (χ1n) is 10.2. The van der Waals surface area contributed by atoms with Crippen LogP contribution in [0.1, 0.15) is 34.8 Å². The van der Waals surface area contributed by atoms with E-state index in [4.69, 9.17) is 11.6 Å². The summed E-state index contributed by atoms with van der Waals surface area (Å²) in [6.07, 6.45) is 2.45. The lowest BCUT2D eigenvalue weighted by molar-refractivity contribution is -0.125. The van der Waals surface area contributed by atoms with Crippen LogP contribution in [0.15, 0.2) is 47.1 Å². The van der Waals surface area contributed by atoms with Gasteiger partial charge in [-0.2, -0.15) is 0 Å². The van der Waals surface area contributed by atoms with Gasteiger partial charge in [-0.3, -0.25) is 9.59 Å². The second-order valence-corrected chi connectivity index (χ2v) is 10.5. The molecule has 1 aromatic carbocycles. The van der Waals surface area contributed by atoms with Gasteiger partial charge >= 0.3 is 0 Å². The maximum absolute atomic E-state index is 14.5. The Morgan fingerprint density at radius 2 is 1.94 bits per heavy atom. The Bertz CT molecular complexity index is 1320. The molecule has 0 spiro atoms. The molecule has 1 aliphatic carbocycles. The number of aromatic nitrogens is 1. The number of carbonyl (C=O) groups is 2.